The summed E-state index contributed by atoms with van der Waals surface area (Å²) >= 11 is 7.92. The average molecular weight is 178 g/mol. The van der Waals surface area contributed by atoms with Gasteiger partial charge >= 0.3 is 0 Å². The van der Waals surface area contributed by atoms with Crippen LogP contribution in [0, 0.1) is 0 Å². The van der Waals surface area contributed by atoms with Crippen molar-refractivity contribution in [3.8, 4) is 0 Å². The quantitative estimate of drug-likeness (QED) is 0.433. The van der Waals surface area contributed by atoms with Crippen LogP contribution in [-0.2, 0) is 11.8 Å². The maximum atomic E-state index is 4.29. The fraction of sp³-hybridized carbons (Fsp3) is 0. The van der Waals surface area contributed by atoms with E-state index in [-0.39, 0.29) is 17.0 Å². The van der Waals surface area contributed by atoms with Crippen LogP contribution in [0.4, 0.5) is 0 Å². The fourth-order valence-corrected chi connectivity index (χ4v) is 0. The smallest absolute Gasteiger partial charge is 0.114 e. The summed E-state index contributed by atoms with van der Waals surface area (Å²) in [6.45, 7) is 0.361. The number of thiol groups is 1. The monoisotopic (exact) mass is 177 g/mol. The molecular weight excluding hydrogens is 175 g/mol. The van der Waals surface area contributed by atoms with Gasteiger partial charge < -0.3 is 0 Å². The molecule has 0 fully saturated rings. The lowest BCUT2D eigenvalue weighted by molar-refractivity contribution is 5.95. The van der Waals surface area contributed by atoms with Gasteiger partial charge in [0.1, 0.15) is 0 Å². The Hall–Kier alpha value is 1.35. The Labute approximate surface area is 47.7 Å². The largest absolute Gasteiger partial charge is 0.227 e. The molecule has 1 atom stereocenters. The molecule has 0 aliphatic heterocycles. The molecule has 0 heterocycles. The Balaban J connectivity index is 0. The molecule has 0 aromatic rings. The second-order valence-electron chi connectivity index (χ2n) is 0.0913. The van der Waals surface area contributed by atoms with Crippen molar-refractivity contribution in [2.24, 2.45) is 0 Å². The van der Waals surface area contributed by atoms with Gasteiger partial charge in [0.15, 0.2) is 11.8 Å². The topological polar surface area (TPSA) is 0 Å². The van der Waals surface area contributed by atoms with Crippen LogP contribution in [0.15, 0.2) is 0 Å². The zero-order valence-electron chi connectivity index (χ0n) is 1.76. The molecule has 0 rings (SSSR count). The molecule has 0 N–H and O–H groups in total. The van der Waals surface area contributed by atoms with Crippen LogP contribution in [0.5, 0.6) is 0 Å². The van der Waals surface area contributed by atoms with E-state index in [1.165, 1.54) is 0 Å². The summed E-state index contributed by atoms with van der Waals surface area (Å²) in [6.07, 6.45) is 0. The van der Waals surface area contributed by atoms with E-state index in [2.05, 4.69) is 24.1 Å². The standard InChI is InChI=1S/BrH.HPS2/c;2-1-3/h1H;(H,2,3)/p+1. The Bertz CT molecular complexity index is 13.5. The van der Waals surface area contributed by atoms with Gasteiger partial charge in [-0.15, -0.1) is 17.0 Å². The molecule has 26 valence electrons. The van der Waals surface area contributed by atoms with Crippen molar-refractivity contribution < 1.29 is 0 Å². The minimum Gasteiger partial charge on any atom is -0.114 e. The molecule has 0 nitrogen and oxygen atoms in total. The molecule has 0 saturated heterocycles. The van der Waals surface area contributed by atoms with Gasteiger partial charge in [-0.05, 0) is 0 Å². The van der Waals surface area contributed by atoms with Crippen molar-refractivity contribution >= 4 is 47.6 Å². The highest BCUT2D eigenvalue weighted by molar-refractivity contribution is 8.93. The van der Waals surface area contributed by atoms with Gasteiger partial charge in [0.25, 0.3) is 0 Å². The van der Waals surface area contributed by atoms with Crippen LogP contribution in [0.3, 0.4) is 0 Å². The first kappa shape index (κ1) is 9.02. The minimum absolute atomic E-state index is 0. The molecular formula is H3BrPS2+. The summed E-state index contributed by atoms with van der Waals surface area (Å²) in [5.74, 6) is 0. The molecule has 0 aliphatic carbocycles. The van der Waals surface area contributed by atoms with Crippen LogP contribution >= 0.6 is 35.8 Å². The molecule has 0 saturated carbocycles. The van der Waals surface area contributed by atoms with E-state index in [0.717, 1.165) is 0 Å². The first-order valence-corrected chi connectivity index (χ1v) is 3.85. The van der Waals surface area contributed by atoms with E-state index < -0.39 is 0 Å². The summed E-state index contributed by atoms with van der Waals surface area (Å²) in [5.41, 5.74) is 0. The van der Waals surface area contributed by atoms with E-state index in [0.29, 0.717) is 6.56 Å². The van der Waals surface area contributed by atoms with Crippen molar-refractivity contribution in [2.75, 3.05) is 0 Å². The molecule has 0 bridgehead atoms. The normalized spacial score (nSPS) is 5.25. The van der Waals surface area contributed by atoms with Crippen LogP contribution in [0.25, 0.3) is 0 Å². The molecule has 1 unspecified atom stereocenters. The molecule has 0 aliphatic rings. The van der Waals surface area contributed by atoms with E-state index in [1.807, 2.05) is 0 Å². The van der Waals surface area contributed by atoms with Gasteiger partial charge in [0, 0.05) is 0 Å². The number of hydrogen-bond donors (Lipinski definition) is 1. The van der Waals surface area contributed by atoms with Crippen LogP contribution in [-0.4, -0.2) is 0 Å². The average Bonchev–Trinajstić information content (AvgIpc) is 0.918. The molecule has 0 aromatic carbocycles. The van der Waals surface area contributed by atoms with E-state index in [4.69, 9.17) is 0 Å². The number of hydrogen-bond acceptors (Lipinski definition) is 1. The van der Waals surface area contributed by atoms with E-state index in [9.17, 15) is 0 Å². The molecule has 0 spiro atoms. The third-order valence-electron chi connectivity index (χ3n) is 0. The predicted octanol–water partition coefficient (Wildman–Crippen LogP) is 1.55. The van der Waals surface area contributed by atoms with Crippen LogP contribution in [0.2, 0.25) is 0 Å². The highest BCUT2D eigenvalue weighted by Gasteiger charge is 1.39. The van der Waals surface area contributed by atoms with E-state index >= 15 is 0 Å². The number of halogens is 1. The van der Waals surface area contributed by atoms with Gasteiger partial charge in [-0.25, -0.2) is 0 Å². The molecule has 4 heteroatoms. The Morgan fingerprint density at radius 3 is 1.75 bits per heavy atom. The van der Waals surface area contributed by atoms with Gasteiger partial charge in [0.05, 0.1) is 12.2 Å². The third-order valence-corrected chi connectivity index (χ3v) is 0. The summed E-state index contributed by atoms with van der Waals surface area (Å²) in [6, 6.07) is 0. The van der Waals surface area contributed by atoms with Crippen molar-refractivity contribution in [2.45, 2.75) is 0 Å². The summed E-state index contributed by atoms with van der Waals surface area (Å²) in [7, 11) is 0. The molecule has 0 radical (unpaired) electrons. The van der Waals surface area contributed by atoms with Crippen molar-refractivity contribution in [1.82, 2.24) is 0 Å². The Kier molecular flexibility index (Phi) is 19.9. The lowest BCUT2D eigenvalue weighted by Crippen LogP contribution is -0.661. The first-order chi connectivity index (χ1) is 1.41. The second kappa shape index (κ2) is 8.84. The SMILES string of the molecule is Br.S=[PH+]S. The zero-order valence-corrected chi connectivity index (χ0v) is 6.19. The van der Waals surface area contributed by atoms with Crippen LogP contribution < -0.4 is 0 Å². The van der Waals surface area contributed by atoms with Crippen molar-refractivity contribution in [3.05, 3.63) is 0 Å². The first-order valence-electron chi connectivity index (χ1n) is 0.428. The lowest BCUT2D eigenvalue weighted by Gasteiger charge is -1.06. The van der Waals surface area contributed by atoms with Crippen molar-refractivity contribution in [1.29, 1.82) is 0 Å². The van der Waals surface area contributed by atoms with Crippen molar-refractivity contribution in [3.63, 3.8) is 0 Å². The molecule has 0 amide bonds. The van der Waals surface area contributed by atoms with Gasteiger partial charge in [0.2, 0.25) is 6.56 Å². The second-order valence-corrected chi connectivity index (χ2v) is 2.46. The minimum atomic E-state index is 0. The predicted molar refractivity (Wildman–Crippen MR) is 35.0 cm³/mol. The number of rotatable bonds is 0. The Morgan fingerprint density at radius 1 is 1.75 bits per heavy atom. The Morgan fingerprint density at radius 2 is 1.75 bits per heavy atom. The summed E-state index contributed by atoms with van der Waals surface area (Å²) in [4.78, 5) is 0. The fourth-order valence-electron chi connectivity index (χ4n) is 0. The lowest BCUT2D eigenvalue weighted by atomic mass is 30.2. The van der Waals surface area contributed by atoms with Gasteiger partial charge in [-0.3, -0.25) is 0 Å². The highest BCUT2D eigenvalue weighted by atomic mass is 79.9. The van der Waals surface area contributed by atoms with E-state index in [1.54, 1.807) is 0 Å². The van der Waals surface area contributed by atoms with Gasteiger partial charge in [-0.1, -0.05) is 0 Å². The summed E-state index contributed by atoms with van der Waals surface area (Å²) in [5, 5.41) is 0. The maximum Gasteiger partial charge on any atom is 0.227 e. The molecule has 0 aromatic heterocycles. The van der Waals surface area contributed by atoms with Crippen LogP contribution in [0.1, 0.15) is 0 Å². The highest BCUT2D eigenvalue weighted by Crippen LogP contribution is 1.91. The molecule has 4 heavy (non-hydrogen) atoms. The summed E-state index contributed by atoms with van der Waals surface area (Å²) < 4.78 is 0. The zero-order chi connectivity index (χ0) is 2.71. The van der Waals surface area contributed by atoms with Gasteiger partial charge in [-0.2, -0.15) is 0 Å². The third kappa shape index (κ3) is 10.2. The maximum absolute atomic E-state index is 4.29.